The standard InChI is InChI=1S/C13H14GeS2/c1-14(2,3)10-8-15-12-9-6-4-5-7-11(9)16-13(10)12/h4-8H,1-3H3. The quantitative estimate of drug-likeness (QED) is 0.574. The average molecular weight is 307 g/mol. The van der Waals surface area contributed by atoms with Crippen molar-refractivity contribution in [2.75, 3.05) is 0 Å². The van der Waals surface area contributed by atoms with Crippen LogP contribution < -0.4 is 4.40 Å². The van der Waals surface area contributed by atoms with Gasteiger partial charge in [-0.25, -0.2) is 0 Å². The van der Waals surface area contributed by atoms with Gasteiger partial charge >= 0.3 is 107 Å². The van der Waals surface area contributed by atoms with E-state index in [9.17, 15) is 0 Å². The zero-order valence-corrected chi connectivity index (χ0v) is 13.4. The summed E-state index contributed by atoms with van der Waals surface area (Å²) < 4.78 is 6.20. The topological polar surface area (TPSA) is 0 Å². The van der Waals surface area contributed by atoms with Gasteiger partial charge in [-0.2, -0.15) is 0 Å². The summed E-state index contributed by atoms with van der Waals surface area (Å²) in [5.41, 5.74) is 0. The van der Waals surface area contributed by atoms with Crippen molar-refractivity contribution in [1.82, 2.24) is 0 Å². The Bertz CT molecular complexity index is 655. The van der Waals surface area contributed by atoms with E-state index in [4.69, 9.17) is 0 Å². The van der Waals surface area contributed by atoms with Crippen LogP contribution in [-0.2, 0) is 0 Å². The molecule has 0 spiro atoms. The maximum atomic E-state index is 2.48. The van der Waals surface area contributed by atoms with Crippen molar-refractivity contribution in [3.8, 4) is 0 Å². The molecule has 16 heavy (non-hydrogen) atoms. The van der Waals surface area contributed by atoms with Crippen LogP contribution in [0.3, 0.4) is 0 Å². The Morgan fingerprint density at radius 3 is 2.50 bits per heavy atom. The first-order chi connectivity index (χ1) is 7.57. The SMILES string of the molecule is [CH3][Ge]([CH3])([CH3])[c]1csc2c1sc1ccccc12. The van der Waals surface area contributed by atoms with E-state index >= 15 is 0 Å². The second kappa shape index (κ2) is 3.59. The van der Waals surface area contributed by atoms with Crippen LogP contribution in [0.1, 0.15) is 0 Å². The molecule has 0 aliphatic carbocycles. The van der Waals surface area contributed by atoms with E-state index in [1.807, 2.05) is 22.7 Å². The van der Waals surface area contributed by atoms with Crippen LogP contribution in [0.5, 0.6) is 0 Å². The van der Waals surface area contributed by atoms with Gasteiger partial charge in [0, 0.05) is 0 Å². The molecule has 0 saturated carbocycles. The number of hydrogen-bond acceptors (Lipinski definition) is 2. The molecule has 82 valence electrons. The van der Waals surface area contributed by atoms with E-state index in [0.29, 0.717) is 0 Å². The van der Waals surface area contributed by atoms with Crippen LogP contribution in [0.4, 0.5) is 0 Å². The Morgan fingerprint density at radius 2 is 1.75 bits per heavy atom. The minimum absolute atomic E-state index is 1.44. The summed E-state index contributed by atoms with van der Waals surface area (Å²) in [6, 6.07) is 8.78. The molecule has 0 saturated heterocycles. The number of benzene rings is 1. The molecule has 0 aliphatic heterocycles. The van der Waals surface area contributed by atoms with Gasteiger partial charge in [0.1, 0.15) is 0 Å². The predicted molar refractivity (Wildman–Crippen MR) is 80.2 cm³/mol. The summed E-state index contributed by atoms with van der Waals surface area (Å²) in [6.07, 6.45) is 0. The van der Waals surface area contributed by atoms with Crippen molar-refractivity contribution < 1.29 is 0 Å². The summed E-state index contributed by atoms with van der Waals surface area (Å²) in [7, 11) is 0. The molecule has 0 aliphatic rings. The minimum atomic E-state index is -1.69. The van der Waals surface area contributed by atoms with Gasteiger partial charge in [0.25, 0.3) is 0 Å². The Labute approximate surface area is 106 Å². The molecule has 0 nitrogen and oxygen atoms in total. The van der Waals surface area contributed by atoms with E-state index in [1.165, 1.54) is 14.8 Å². The van der Waals surface area contributed by atoms with Crippen LogP contribution in [0, 0.1) is 0 Å². The molecule has 0 unspecified atom stereocenters. The first kappa shape index (κ1) is 10.8. The fourth-order valence-electron chi connectivity index (χ4n) is 2.00. The molecule has 0 amide bonds. The first-order valence-electron chi connectivity index (χ1n) is 5.46. The van der Waals surface area contributed by atoms with E-state index in [0.717, 1.165) is 0 Å². The first-order valence-corrected chi connectivity index (χ1v) is 14.5. The van der Waals surface area contributed by atoms with Crippen molar-refractivity contribution in [3.63, 3.8) is 0 Å². The number of rotatable bonds is 1. The van der Waals surface area contributed by atoms with E-state index in [1.54, 1.807) is 9.10 Å². The molecule has 3 heteroatoms. The summed E-state index contributed by atoms with van der Waals surface area (Å²) in [6.45, 7) is 0. The van der Waals surface area contributed by atoms with Crippen molar-refractivity contribution in [1.29, 1.82) is 0 Å². The fourth-order valence-corrected chi connectivity index (χ4v) is 11.1. The molecule has 0 fully saturated rings. The van der Waals surface area contributed by atoms with Gasteiger partial charge in [-0.3, -0.25) is 0 Å². The summed E-state index contributed by atoms with van der Waals surface area (Å²) in [5.74, 6) is 7.43. The van der Waals surface area contributed by atoms with Gasteiger partial charge in [0.15, 0.2) is 0 Å². The van der Waals surface area contributed by atoms with Gasteiger partial charge in [0.05, 0.1) is 0 Å². The molecule has 1 aromatic carbocycles. The van der Waals surface area contributed by atoms with Crippen molar-refractivity contribution in [2.45, 2.75) is 17.3 Å². The normalized spacial score (nSPS) is 12.7. The molecule has 0 N–H and O–H groups in total. The third-order valence-corrected chi connectivity index (χ3v) is 10.3. The summed E-state index contributed by atoms with van der Waals surface area (Å²) in [4.78, 5) is 0. The zero-order chi connectivity index (χ0) is 11.3. The van der Waals surface area contributed by atoms with E-state index in [-0.39, 0.29) is 0 Å². The van der Waals surface area contributed by atoms with E-state index in [2.05, 4.69) is 46.9 Å². The van der Waals surface area contributed by atoms with Crippen LogP contribution in [0.2, 0.25) is 17.3 Å². The van der Waals surface area contributed by atoms with Gasteiger partial charge in [0.2, 0.25) is 0 Å². The predicted octanol–water partition coefficient (Wildman–Crippen LogP) is 4.66. The molecule has 0 radical (unpaired) electrons. The fraction of sp³-hybridized carbons (Fsp3) is 0.231. The molecular weight excluding hydrogens is 293 g/mol. The second-order valence-electron chi connectivity index (χ2n) is 5.16. The zero-order valence-electron chi connectivity index (χ0n) is 9.70. The van der Waals surface area contributed by atoms with Crippen LogP contribution in [0.25, 0.3) is 19.5 Å². The second-order valence-corrected chi connectivity index (χ2v) is 17.7. The van der Waals surface area contributed by atoms with Crippen molar-refractivity contribution in [2.24, 2.45) is 0 Å². The van der Waals surface area contributed by atoms with Crippen LogP contribution >= 0.6 is 22.7 Å². The molecule has 2 heterocycles. The Morgan fingerprint density at radius 1 is 1.00 bits per heavy atom. The molecule has 3 rings (SSSR count). The number of thiophene rings is 2. The molecule has 0 atom stereocenters. The van der Waals surface area contributed by atoms with E-state index < -0.39 is 13.3 Å². The Kier molecular flexibility index (Phi) is 2.42. The maximum absolute atomic E-state index is 2.48. The molecule has 2 aromatic heterocycles. The van der Waals surface area contributed by atoms with Crippen LogP contribution in [0.15, 0.2) is 29.6 Å². The Hall–Kier alpha value is -0.317. The summed E-state index contributed by atoms with van der Waals surface area (Å²) >= 11 is 2.22. The Balaban J connectivity index is 2.43. The van der Waals surface area contributed by atoms with Crippen LogP contribution in [-0.4, -0.2) is 13.3 Å². The molecule has 0 bridgehead atoms. The molecule has 3 aromatic rings. The van der Waals surface area contributed by atoms with Gasteiger partial charge in [-0.05, 0) is 0 Å². The monoisotopic (exact) mass is 308 g/mol. The number of hydrogen-bond donors (Lipinski definition) is 0. The third-order valence-electron chi connectivity index (χ3n) is 2.90. The van der Waals surface area contributed by atoms with Gasteiger partial charge < -0.3 is 0 Å². The van der Waals surface area contributed by atoms with Gasteiger partial charge in [-0.1, -0.05) is 0 Å². The van der Waals surface area contributed by atoms with Gasteiger partial charge in [-0.15, -0.1) is 0 Å². The van der Waals surface area contributed by atoms with Crippen molar-refractivity contribution in [3.05, 3.63) is 29.6 Å². The average Bonchev–Trinajstić information content (AvgIpc) is 2.73. The third kappa shape index (κ3) is 1.55. The van der Waals surface area contributed by atoms with Crippen molar-refractivity contribution >= 4 is 59.8 Å². The number of fused-ring (bicyclic) bond motifs is 3. The molecular formula is C13H14GeS2. The summed E-state index contributed by atoms with van der Waals surface area (Å²) in [5, 5.41) is 3.86.